The average molecular weight is 426 g/mol. The summed E-state index contributed by atoms with van der Waals surface area (Å²) in [5, 5.41) is 13.9. The molecular formula is C26H23FN4O. The molecule has 0 atom stereocenters. The van der Waals surface area contributed by atoms with Crippen molar-refractivity contribution in [1.29, 1.82) is 0 Å². The summed E-state index contributed by atoms with van der Waals surface area (Å²) in [5.74, 6) is -0.228. The SMILES string of the molecule is O=c1c2c(ccc3ccc(-c4cn[nH]c4)cc32)ccn1CCCNCc1ccc(F)cc1. The van der Waals surface area contributed by atoms with E-state index in [1.807, 2.05) is 36.7 Å². The molecule has 0 saturated heterocycles. The Morgan fingerprint density at radius 3 is 2.59 bits per heavy atom. The highest BCUT2D eigenvalue weighted by atomic mass is 19.1. The molecule has 2 heterocycles. The van der Waals surface area contributed by atoms with Crippen LogP contribution < -0.4 is 10.9 Å². The molecule has 0 spiro atoms. The first-order valence-electron chi connectivity index (χ1n) is 10.7. The quantitative estimate of drug-likeness (QED) is 0.288. The van der Waals surface area contributed by atoms with Gasteiger partial charge in [-0.3, -0.25) is 9.89 Å². The largest absolute Gasteiger partial charge is 0.315 e. The maximum atomic E-state index is 13.3. The molecule has 2 aromatic heterocycles. The lowest BCUT2D eigenvalue weighted by molar-refractivity contribution is 0.572. The first kappa shape index (κ1) is 20.2. The maximum Gasteiger partial charge on any atom is 0.259 e. The number of rotatable bonds is 7. The smallest absolute Gasteiger partial charge is 0.259 e. The normalized spacial score (nSPS) is 11.4. The van der Waals surface area contributed by atoms with Gasteiger partial charge in [-0.25, -0.2) is 4.39 Å². The lowest BCUT2D eigenvalue weighted by Gasteiger charge is -2.11. The van der Waals surface area contributed by atoms with Gasteiger partial charge in [-0.05, 0) is 64.5 Å². The number of fused-ring (bicyclic) bond motifs is 3. The molecule has 160 valence electrons. The number of nitrogens with one attached hydrogen (secondary N) is 2. The van der Waals surface area contributed by atoms with Gasteiger partial charge in [0.25, 0.3) is 5.56 Å². The fourth-order valence-electron chi connectivity index (χ4n) is 4.07. The Bertz CT molecular complexity index is 1420. The summed E-state index contributed by atoms with van der Waals surface area (Å²) in [6, 6.07) is 18.7. The Labute approximate surface area is 184 Å². The molecule has 5 rings (SSSR count). The summed E-state index contributed by atoms with van der Waals surface area (Å²) in [6.07, 6.45) is 6.32. The summed E-state index contributed by atoms with van der Waals surface area (Å²) in [6.45, 7) is 2.07. The Morgan fingerprint density at radius 1 is 0.969 bits per heavy atom. The van der Waals surface area contributed by atoms with Crippen molar-refractivity contribution in [1.82, 2.24) is 20.1 Å². The summed E-state index contributed by atoms with van der Waals surface area (Å²) in [5.41, 5.74) is 3.08. The van der Waals surface area contributed by atoms with Crippen molar-refractivity contribution < 1.29 is 4.39 Å². The Hall–Kier alpha value is -3.77. The topological polar surface area (TPSA) is 62.7 Å². The highest BCUT2D eigenvalue weighted by molar-refractivity contribution is 6.08. The van der Waals surface area contributed by atoms with Crippen LogP contribution >= 0.6 is 0 Å². The van der Waals surface area contributed by atoms with Crippen LogP contribution in [0.2, 0.25) is 0 Å². The van der Waals surface area contributed by atoms with Gasteiger partial charge in [0.1, 0.15) is 5.82 Å². The van der Waals surface area contributed by atoms with Crippen molar-refractivity contribution in [3.63, 3.8) is 0 Å². The molecule has 0 unspecified atom stereocenters. The van der Waals surface area contributed by atoms with Crippen LogP contribution in [0.25, 0.3) is 32.7 Å². The first-order valence-corrected chi connectivity index (χ1v) is 10.7. The minimum Gasteiger partial charge on any atom is -0.315 e. The van der Waals surface area contributed by atoms with Crippen LogP contribution in [0.4, 0.5) is 4.39 Å². The molecule has 0 saturated carbocycles. The third-order valence-corrected chi connectivity index (χ3v) is 5.79. The van der Waals surface area contributed by atoms with Gasteiger partial charge in [-0.1, -0.05) is 36.4 Å². The van der Waals surface area contributed by atoms with Gasteiger partial charge in [0.05, 0.1) is 11.6 Å². The number of H-pyrrole nitrogens is 1. The number of halogens is 1. The van der Waals surface area contributed by atoms with E-state index in [9.17, 15) is 9.18 Å². The van der Waals surface area contributed by atoms with Crippen LogP contribution in [0.1, 0.15) is 12.0 Å². The number of pyridine rings is 1. The molecule has 2 N–H and O–H groups in total. The zero-order valence-electron chi connectivity index (χ0n) is 17.5. The third-order valence-electron chi connectivity index (χ3n) is 5.79. The summed E-state index contributed by atoms with van der Waals surface area (Å²) in [7, 11) is 0. The second kappa shape index (κ2) is 8.77. The monoisotopic (exact) mass is 426 g/mol. The number of aryl methyl sites for hydroxylation is 1. The molecule has 32 heavy (non-hydrogen) atoms. The van der Waals surface area contributed by atoms with E-state index in [2.05, 4.69) is 27.6 Å². The molecule has 3 aromatic carbocycles. The Kier molecular flexibility index (Phi) is 5.52. The minimum absolute atomic E-state index is 0.0241. The molecular weight excluding hydrogens is 403 g/mol. The summed E-state index contributed by atoms with van der Waals surface area (Å²) >= 11 is 0. The fraction of sp³-hybridized carbons (Fsp3) is 0.154. The highest BCUT2D eigenvalue weighted by Gasteiger charge is 2.09. The Balaban J connectivity index is 1.36. The number of aromatic amines is 1. The van der Waals surface area contributed by atoms with E-state index in [4.69, 9.17) is 0 Å². The highest BCUT2D eigenvalue weighted by Crippen LogP contribution is 2.28. The third kappa shape index (κ3) is 4.05. The van der Waals surface area contributed by atoms with E-state index in [1.165, 1.54) is 12.1 Å². The van der Waals surface area contributed by atoms with Crippen LogP contribution in [0.15, 0.2) is 84.0 Å². The number of hydrogen-bond acceptors (Lipinski definition) is 3. The number of benzene rings is 3. The van der Waals surface area contributed by atoms with Crippen molar-refractivity contribution in [3.8, 4) is 11.1 Å². The van der Waals surface area contributed by atoms with Crippen molar-refractivity contribution in [2.45, 2.75) is 19.5 Å². The molecule has 0 aliphatic carbocycles. The zero-order chi connectivity index (χ0) is 21.9. The van der Waals surface area contributed by atoms with Crippen LogP contribution in [0.3, 0.4) is 0 Å². The van der Waals surface area contributed by atoms with Gasteiger partial charge >= 0.3 is 0 Å². The molecule has 6 heteroatoms. The predicted octanol–water partition coefficient (Wildman–Crippen LogP) is 4.86. The van der Waals surface area contributed by atoms with Crippen molar-refractivity contribution in [2.24, 2.45) is 0 Å². The molecule has 0 radical (unpaired) electrons. The second-order valence-corrected chi connectivity index (χ2v) is 7.92. The van der Waals surface area contributed by atoms with Crippen molar-refractivity contribution in [2.75, 3.05) is 6.54 Å². The summed E-state index contributed by atoms with van der Waals surface area (Å²) in [4.78, 5) is 13.3. The van der Waals surface area contributed by atoms with E-state index in [1.54, 1.807) is 22.9 Å². The predicted molar refractivity (Wildman–Crippen MR) is 126 cm³/mol. The van der Waals surface area contributed by atoms with E-state index in [-0.39, 0.29) is 11.4 Å². The first-order chi connectivity index (χ1) is 15.7. The van der Waals surface area contributed by atoms with Gasteiger partial charge < -0.3 is 9.88 Å². The van der Waals surface area contributed by atoms with E-state index in [0.717, 1.165) is 51.2 Å². The van der Waals surface area contributed by atoms with Crippen LogP contribution in [0, 0.1) is 5.82 Å². The average Bonchev–Trinajstić information content (AvgIpc) is 3.36. The van der Waals surface area contributed by atoms with E-state index < -0.39 is 0 Å². The molecule has 5 aromatic rings. The van der Waals surface area contributed by atoms with Crippen LogP contribution in [-0.4, -0.2) is 21.3 Å². The van der Waals surface area contributed by atoms with Gasteiger partial charge in [0.2, 0.25) is 0 Å². The maximum absolute atomic E-state index is 13.3. The van der Waals surface area contributed by atoms with Crippen LogP contribution in [0.5, 0.6) is 0 Å². The molecule has 0 aliphatic heterocycles. The minimum atomic E-state index is -0.228. The lowest BCUT2D eigenvalue weighted by atomic mass is 9.99. The van der Waals surface area contributed by atoms with Gasteiger partial charge in [-0.15, -0.1) is 0 Å². The molecule has 5 nitrogen and oxygen atoms in total. The number of aromatic nitrogens is 3. The standard InChI is InChI=1S/C26H23FN4O/c27-23-8-2-18(3-9-23)15-28-11-1-12-31-13-10-20-6-4-19-5-7-21(22-16-29-30-17-22)14-24(19)25(20)26(31)32/h2-10,13-14,16-17,28H,1,11-12,15H2,(H,29,30). The molecule has 0 amide bonds. The number of hydrogen-bond donors (Lipinski definition) is 2. The molecule has 0 fully saturated rings. The molecule has 0 bridgehead atoms. The zero-order valence-corrected chi connectivity index (χ0v) is 17.5. The fourth-order valence-corrected chi connectivity index (χ4v) is 4.07. The van der Waals surface area contributed by atoms with Crippen molar-refractivity contribution in [3.05, 3.63) is 101 Å². The second-order valence-electron chi connectivity index (χ2n) is 7.92. The van der Waals surface area contributed by atoms with Gasteiger partial charge in [-0.2, -0.15) is 5.10 Å². The summed E-state index contributed by atoms with van der Waals surface area (Å²) < 4.78 is 14.8. The lowest BCUT2D eigenvalue weighted by Crippen LogP contribution is -2.23. The van der Waals surface area contributed by atoms with E-state index >= 15 is 0 Å². The van der Waals surface area contributed by atoms with Gasteiger partial charge in [0, 0.05) is 31.0 Å². The van der Waals surface area contributed by atoms with Gasteiger partial charge in [0.15, 0.2) is 0 Å². The molecule has 0 aliphatic rings. The van der Waals surface area contributed by atoms with Crippen molar-refractivity contribution >= 4 is 21.5 Å². The Morgan fingerprint density at radius 2 is 1.78 bits per heavy atom. The van der Waals surface area contributed by atoms with E-state index in [0.29, 0.717) is 13.1 Å². The van der Waals surface area contributed by atoms with Crippen LogP contribution in [-0.2, 0) is 13.1 Å². The number of nitrogens with zero attached hydrogens (tertiary/aromatic N) is 2.